The molecule has 0 heterocycles. The molecule has 0 unspecified atom stereocenters. The number of carbonyl (C=O) groups excluding carboxylic acids is 2. The van der Waals surface area contributed by atoms with Crippen LogP contribution >= 0.6 is 0 Å². The van der Waals surface area contributed by atoms with Crippen molar-refractivity contribution in [2.75, 3.05) is 0 Å². The highest BCUT2D eigenvalue weighted by Gasteiger charge is 2.47. The normalized spacial score (nSPS) is 10.5. The summed E-state index contributed by atoms with van der Waals surface area (Å²) in [5.74, 6) is -1.35. The van der Waals surface area contributed by atoms with Gasteiger partial charge in [0.1, 0.15) is 11.5 Å². The third-order valence-electron chi connectivity index (χ3n) is 3.11. The second kappa shape index (κ2) is 9.38. The molecule has 0 aliphatic carbocycles. The fourth-order valence-corrected chi connectivity index (χ4v) is 1.74. The maximum atomic E-state index is 12.2. The molecule has 2 aromatic rings. The van der Waals surface area contributed by atoms with Crippen LogP contribution in [0.1, 0.15) is 13.8 Å². The first kappa shape index (κ1) is 20.7. The van der Waals surface area contributed by atoms with Crippen molar-refractivity contribution >= 4 is 11.9 Å². The van der Waals surface area contributed by atoms with Gasteiger partial charge in [0.25, 0.3) is 0 Å². The van der Waals surface area contributed by atoms with Gasteiger partial charge in [-0.1, -0.05) is 54.4 Å². The average Bonchev–Trinajstić information content (AvgIpc) is 2.67. The fourth-order valence-electron chi connectivity index (χ4n) is 1.74. The fraction of sp³-hybridized carbons (Fsp3) is 0.143. The molecule has 0 fully saturated rings. The SMILES string of the molecule is C=C(C)C(=O)OOC(OC(=O)C(=C)C)(Oc1ccccc1)Oc1ccccc1. The molecular weight excluding hydrogens is 364 g/mol. The lowest BCUT2D eigenvalue weighted by Crippen LogP contribution is -2.50. The number of rotatable bonds is 9. The van der Waals surface area contributed by atoms with E-state index in [4.69, 9.17) is 24.0 Å². The Morgan fingerprint density at radius 3 is 1.57 bits per heavy atom. The van der Waals surface area contributed by atoms with Gasteiger partial charge in [0, 0.05) is 11.1 Å². The minimum atomic E-state index is -2.57. The molecule has 0 aromatic heterocycles. The molecule has 0 atom stereocenters. The molecule has 28 heavy (non-hydrogen) atoms. The van der Waals surface area contributed by atoms with Crippen molar-refractivity contribution in [3.63, 3.8) is 0 Å². The molecule has 0 radical (unpaired) electrons. The molecule has 0 bridgehead atoms. The minimum Gasteiger partial charge on any atom is -0.394 e. The molecule has 0 amide bonds. The predicted octanol–water partition coefficient (Wildman–Crippen LogP) is 3.93. The summed E-state index contributed by atoms with van der Waals surface area (Å²) >= 11 is 0. The first-order valence-corrected chi connectivity index (χ1v) is 8.24. The summed E-state index contributed by atoms with van der Waals surface area (Å²) in [5, 5.41) is 0. The van der Waals surface area contributed by atoms with Crippen LogP contribution in [0.3, 0.4) is 0 Å². The first-order valence-electron chi connectivity index (χ1n) is 8.24. The van der Waals surface area contributed by atoms with E-state index in [9.17, 15) is 9.59 Å². The maximum absolute atomic E-state index is 12.2. The van der Waals surface area contributed by atoms with E-state index >= 15 is 0 Å². The van der Waals surface area contributed by atoms with Crippen LogP contribution in [0.15, 0.2) is 85.0 Å². The van der Waals surface area contributed by atoms with Gasteiger partial charge in [-0.05, 0) is 38.1 Å². The number of para-hydroxylation sites is 2. The molecule has 0 N–H and O–H groups in total. The Balaban J connectivity index is 2.41. The Hall–Kier alpha value is -3.58. The van der Waals surface area contributed by atoms with Gasteiger partial charge in [0.05, 0.1) is 0 Å². The number of benzene rings is 2. The Morgan fingerprint density at radius 2 is 1.18 bits per heavy atom. The van der Waals surface area contributed by atoms with E-state index in [1.165, 1.54) is 13.8 Å². The highest BCUT2D eigenvalue weighted by molar-refractivity contribution is 5.87. The smallest absolute Gasteiger partial charge is 0.394 e. The van der Waals surface area contributed by atoms with Gasteiger partial charge < -0.3 is 14.2 Å². The summed E-state index contributed by atoms with van der Waals surface area (Å²) in [4.78, 5) is 33.7. The van der Waals surface area contributed by atoms with Gasteiger partial charge in [-0.25, -0.2) is 9.59 Å². The van der Waals surface area contributed by atoms with Crippen LogP contribution in [0.5, 0.6) is 11.5 Å². The number of hydrogen-bond donors (Lipinski definition) is 0. The standard InChI is InChI=1S/C21H20O7/c1-15(2)19(22)26-21(28-27-20(23)16(3)4,24-17-11-7-5-8-12-17)25-18-13-9-6-10-14-18/h5-14H,1,3H2,2,4H3. The largest absolute Gasteiger partial charge is 0.598 e. The van der Waals surface area contributed by atoms with Crippen LogP contribution in [0, 0.1) is 0 Å². The predicted molar refractivity (Wildman–Crippen MR) is 99.8 cm³/mol. The number of ether oxygens (including phenoxy) is 3. The molecule has 0 spiro atoms. The minimum absolute atomic E-state index is 0.0486. The second-order valence-corrected chi connectivity index (χ2v) is 5.73. The highest BCUT2D eigenvalue weighted by atomic mass is 17.3. The van der Waals surface area contributed by atoms with Gasteiger partial charge >= 0.3 is 18.1 Å². The summed E-state index contributed by atoms with van der Waals surface area (Å²) in [5.41, 5.74) is 0.104. The summed E-state index contributed by atoms with van der Waals surface area (Å²) < 4.78 is 16.5. The van der Waals surface area contributed by atoms with E-state index in [-0.39, 0.29) is 22.6 Å². The summed E-state index contributed by atoms with van der Waals surface area (Å²) in [7, 11) is 0. The van der Waals surface area contributed by atoms with Crippen LogP contribution < -0.4 is 9.47 Å². The molecule has 0 aliphatic heterocycles. The van der Waals surface area contributed by atoms with Crippen LogP contribution in [-0.4, -0.2) is 18.1 Å². The van der Waals surface area contributed by atoms with Crippen LogP contribution in [0.25, 0.3) is 0 Å². The van der Waals surface area contributed by atoms with Crippen molar-refractivity contribution in [1.29, 1.82) is 0 Å². The van der Waals surface area contributed by atoms with Crippen molar-refractivity contribution in [1.82, 2.24) is 0 Å². The molecule has 7 heteroatoms. The van der Waals surface area contributed by atoms with Crippen LogP contribution in [-0.2, 0) is 24.1 Å². The molecule has 7 nitrogen and oxygen atoms in total. The zero-order valence-electron chi connectivity index (χ0n) is 15.5. The van der Waals surface area contributed by atoms with Crippen molar-refractivity contribution in [3.05, 3.63) is 85.0 Å². The molecule has 146 valence electrons. The number of carbonyl (C=O) groups is 2. The third-order valence-corrected chi connectivity index (χ3v) is 3.11. The van der Waals surface area contributed by atoms with Crippen LogP contribution in [0.2, 0.25) is 0 Å². The summed E-state index contributed by atoms with van der Waals surface area (Å²) in [6.07, 6.45) is -2.57. The zero-order chi connectivity index (χ0) is 20.6. The molecule has 2 aromatic carbocycles. The lowest BCUT2D eigenvalue weighted by molar-refractivity contribution is -0.518. The lowest BCUT2D eigenvalue weighted by Gasteiger charge is -2.29. The van der Waals surface area contributed by atoms with Gasteiger partial charge in [0.2, 0.25) is 0 Å². The first-order chi connectivity index (χ1) is 13.3. The Bertz CT molecular complexity index is 802. The Kier molecular flexibility index (Phi) is 6.95. The quantitative estimate of drug-likeness (QED) is 0.213. The summed E-state index contributed by atoms with van der Waals surface area (Å²) in [6.45, 7) is 9.82. The van der Waals surface area contributed by atoms with Gasteiger partial charge in [-0.15, -0.1) is 0 Å². The van der Waals surface area contributed by atoms with Crippen molar-refractivity contribution in [3.8, 4) is 11.5 Å². The second-order valence-electron chi connectivity index (χ2n) is 5.73. The highest BCUT2D eigenvalue weighted by Crippen LogP contribution is 2.27. The van der Waals surface area contributed by atoms with Gasteiger partial charge in [-0.2, -0.15) is 0 Å². The number of esters is 1. The van der Waals surface area contributed by atoms with E-state index in [0.29, 0.717) is 0 Å². The van der Waals surface area contributed by atoms with Crippen LogP contribution in [0.4, 0.5) is 0 Å². The monoisotopic (exact) mass is 384 g/mol. The average molecular weight is 384 g/mol. The molecule has 0 saturated carbocycles. The van der Waals surface area contributed by atoms with E-state index < -0.39 is 18.1 Å². The van der Waals surface area contributed by atoms with Crippen molar-refractivity contribution in [2.24, 2.45) is 0 Å². The molecule has 2 rings (SSSR count). The van der Waals surface area contributed by atoms with Gasteiger partial charge in [0.15, 0.2) is 0 Å². The van der Waals surface area contributed by atoms with E-state index in [2.05, 4.69) is 13.2 Å². The molecule has 0 saturated heterocycles. The zero-order valence-corrected chi connectivity index (χ0v) is 15.5. The van der Waals surface area contributed by atoms with Crippen molar-refractivity contribution < 1.29 is 33.6 Å². The van der Waals surface area contributed by atoms with Gasteiger partial charge in [-0.3, -0.25) is 4.89 Å². The Morgan fingerprint density at radius 1 is 0.750 bits per heavy atom. The maximum Gasteiger partial charge on any atom is 0.598 e. The molecular formula is C21H20O7. The third kappa shape index (κ3) is 6.00. The number of hydrogen-bond acceptors (Lipinski definition) is 7. The topological polar surface area (TPSA) is 80.3 Å². The summed E-state index contributed by atoms with van der Waals surface area (Å²) in [6, 6.07) is 16.5. The lowest BCUT2D eigenvalue weighted by atomic mass is 10.3. The van der Waals surface area contributed by atoms with E-state index in [0.717, 1.165) is 0 Å². The van der Waals surface area contributed by atoms with E-state index in [1.807, 2.05) is 0 Å². The van der Waals surface area contributed by atoms with E-state index in [1.54, 1.807) is 60.7 Å². The Labute approximate surface area is 162 Å². The molecule has 0 aliphatic rings. The van der Waals surface area contributed by atoms with Crippen molar-refractivity contribution in [2.45, 2.75) is 20.0 Å².